The predicted octanol–water partition coefficient (Wildman–Crippen LogP) is 4.90. The minimum atomic E-state index is 0.0298. The Morgan fingerprint density at radius 3 is 2.35 bits per heavy atom. The van der Waals surface area contributed by atoms with Gasteiger partial charge in [-0.05, 0) is 57.2 Å². The van der Waals surface area contributed by atoms with Crippen LogP contribution in [0.1, 0.15) is 25.8 Å². The van der Waals surface area contributed by atoms with Gasteiger partial charge in [-0.2, -0.15) is 0 Å². The molecule has 0 aliphatic rings. The van der Waals surface area contributed by atoms with E-state index in [0.29, 0.717) is 6.42 Å². The number of nitrogens with one attached hydrogen (secondary N) is 1. The molecule has 0 saturated heterocycles. The normalized spacial score (nSPS) is 10.6. The molecule has 2 rings (SSSR count). The van der Waals surface area contributed by atoms with E-state index in [1.54, 1.807) is 11.8 Å². The van der Waals surface area contributed by atoms with E-state index in [1.807, 2.05) is 38.1 Å². The number of aryl methyl sites for hydroxylation is 1. The fraction of sp³-hybridized carbons (Fsp3) is 0.316. The molecule has 0 aliphatic carbocycles. The molecule has 1 amide bonds. The minimum absolute atomic E-state index is 0.0298. The van der Waals surface area contributed by atoms with Crippen LogP contribution in [0.25, 0.3) is 0 Å². The molecule has 0 heterocycles. The average Bonchev–Trinajstić information content (AvgIpc) is 2.51. The number of rotatable bonds is 7. The third-order valence-electron chi connectivity index (χ3n) is 3.13. The number of hydrogen-bond donors (Lipinski definition) is 1. The maximum absolute atomic E-state index is 12.0. The largest absolute Gasteiger partial charge is 0.491 e. The number of ether oxygens (including phenoxy) is 1. The highest BCUT2D eigenvalue weighted by atomic mass is 32.2. The van der Waals surface area contributed by atoms with Gasteiger partial charge >= 0.3 is 0 Å². The molecule has 0 aliphatic heterocycles. The van der Waals surface area contributed by atoms with Crippen molar-refractivity contribution in [3.63, 3.8) is 0 Å². The molecule has 0 fully saturated rings. The van der Waals surface area contributed by atoms with Gasteiger partial charge in [-0.1, -0.05) is 17.7 Å². The number of amides is 1. The second-order valence-electron chi connectivity index (χ2n) is 5.65. The third kappa shape index (κ3) is 6.37. The Morgan fingerprint density at radius 1 is 1.09 bits per heavy atom. The molecule has 122 valence electrons. The van der Waals surface area contributed by atoms with Crippen LogP contribution in [-0.4, -0.2) is 17.8 Å². The average molecular weight is 329 g/mol. The van der Waals surface area contributed by atoms with E-state index in [4.69, 9.17) is 4.74 Å². The summed E-state index contributed by atoms with van der Waals surface area (Å²) >= 11 is 1.70. The SMILES string of the molecule is Cc1ccc(SCCC(=O)Nc2ccc(OC(C)C)cc2)cc1. The van der Waals surface area contributed by atoms with Crippen molar-refractivity contribution in [2.75, 3.05) is 11.1 Å². The fourth-order valence-corrected chi connectivity index (χ4v) is 2.86. The molecule has 0 spiro atoms. The minimum Gasteiger partial charge on any atom is -0.491 e. The number of carbonyl (C=O) groups excluding carboxylic acids is 1. The van der Waals surface area contributed by atoms with Crippen molar-refractivity contribution in [1.29, 1.82) is 0 Å². The first kappa shape index (κ1) is 17.4. The molecule has 0 radical (unpaired) electrons. The third-order valence-corrected chi connectivity index (χ3v) is 4.14. The molecular weight excluding hydrogens is 306 g/mol. The molecule has 2 aromatic carbocycles. The van der Waals surface area contributed by atoms with Gasteiger partial charge in [0, 0.05) is 22.8 Å². The first-order valence-corrected chi connectivity index (χ1v) is 8.77. The van der Waals surface area contributed by atoms with Crippen LogP contribution in [0.2, 0.25) is 0 Å². The molecule has 0 atom stereocenters. The van der Waals surface area contributed by atoms with Gasteiger partial charge < -0.3 is 10.1 Å². The van der Waals surface area contributed by atoms with Gasteiger partial charge in [0.1, 0.15) is 5.75 Å². The van der Waals surface area contributed by atoms with E-state index in [1.165, 1.54) is 10.5 Å². The van der Waals surface area contributed by atoms with Crippen LogP contribution in [0.3, 0.4) is 0 Å². The van der Waals surface area contributed by atoms with Crippen LogP contribution in [0, 0.1) is 6.92 Å². The van der Waals surface area contributed by atoms with Gasteiger partial charge in [0.15, 0.2) is 0 Å². The van der Waals surface area contributed by atoms with E-state index in [9.17, 15) is 4.79 Å². The predicted molar refractivity (Wildman–Crippen MR) is 97.4 cm³/mol. The molecule has 0 unspecified atom stereocenters. The molecule has 23 heavy (non-hydrogen) atoms. The lowest BCUT2D eigenvalue weighted by molar-refractivity contribution is -0.115. The highest BCUT2D eigenvalue weighted by Gasteiger charge is 2.04. The second-order valence-corrected chi connectivity index (χ2v) is 6.82. The van der Waals surface area contributed by atoms with Crippen LogP contribution in [-0.2, 0) is 4.79 Å². The molecular formula is C19H23NO2S. The number of hydrogen-bond acceptors (Lipinski definition) is 3. The van der Waals surface area contributed by atoms with Crippen LogP contribution < -0.4 is 10.1 Å². The number of benzene rings is 2. The Bertz CT molecular complexity index is 621. The Kier molecular flexibility index (Phi) is 6.53. The standard InChI is InChI=1S/C19H23NO2S/c1-14(2)22-17-8-6-16(7-9-17)20-19(21)12-13-23-18-10-4-15(3)5-11-18/h4-11,14H,12-13H2,1-3H3,(H,20,21). The van der Waals surface area contributed by atoms with Gasteiger partial charge in [-0.25, -0.2) is 0 Å². The van der Waals surface area contributed by atoms with E-state index in [2.05, 4.69) is 36.5 Å². The Hall–Kier alpha value is -1.94. The summed E-state index contributed by atoms with van der Waals surface area (Å²) < 4.78 is 5.58. The second kappa shape index (κ2) is 8.63. The monoisotopic (exact) mass is 329 g/mol. The first-order chi connectivity index (χ1) is 11.0. The van der Waals surface area contributed by atoms with Crippen molar-refractivity contribution >= 4 is 23.4 Å². The van der Waals surface area contributed by atoms with Gasteiger partial charge in [0.25, 0.3) is 0 Å². The molecule has 0 aromatic heterocycles. The molecule has 1 N–H and O–H groups in total. The van der Waals surface area contributed by atoms with Crippen LogP contribution >= 0.6 is 11.8 Å². The number of carbonyl (C=O) groups is 1. The molecule has 2 aromatic rings. The van der Waals surface area contributed by atoms with Gasteiger partial charge in [-0.3, -0.25) is 4.79 Å². The van der Waals surface area contributed by atoms with E-state index in [0.717, 1.165) is 17.2 Å². The van der Waals surface area contributed by atoms with E-state index < -0.39 is 0 Å². The van der Waals surface area contributed by atoms with E-state index in [-0.39, 0.29) is 12.0 Å². The zero-order valence-corrected chi connectivity index (χ0v) is 14.7. The van der Waals surface area contributed by atoms with E-state index >= 15 is 0 Å². The first-order valence-electron chi connectivity index (χ1n) is 7.79. The maximum Gasteiger partial charge on any atom is 0.225 e. The van der Waals surface area contributed by atoms with Crippen molar-refractivity contribution < 1.29 is 9.53 Å². The quantitative estimate of drug-likeness (QED) is 0.734. The highest BCUT2D eigenvalue weighted by Crippen LogP contribution is 2.20. The van der Waals surface area contributed by atoms with Gasteiger partial charge in [0.05, 0.1) is 6.10 Å². The lowest BCUT2D eigenvalue weighted by Crippen LogP contribution is -2.12. The molecule has 4 heteroatoms. The topological polar surface area (TPSA) is 38.3 Å². The Balaban J connectivity index is 1.75. The Morgan fingerprint density at radius 2 is 1.74 bits per heavy atom. The van der Waals surface area contributed by atoms with Gasteiger partial charge in [-0.15, -0.1) is 11.8 Å². The summed E-state index contributed by atoms with van der Waals surface area (Å²) in [4.78, 5) is 13.2. The summed E-state index contributed by atoms with van der Waals surface area (Å²) in [6, 6.07) is 15.8. The maximum atomic E-state index is 12.0. The summed E-state index contributed by atoms with van der Waals surface area (Å²) in [6.07, 6.45) is 0.636. The summed E-state index contributed by atoms with van der Waals surface area (Å²) in [5.74, 6) is 1.61. The highest BCUT2D eigenvalue weighted by molar-refractivity contribution is 7.99. The summed E-state index contributed by atoms with van der Waals surface area (Å²) in [5.41, 5.74) is 2.04. The lowest BCUT2D eigenvalue weighted by atomic mass is 10.2. The number of thioether (sulfide) groups is 1. The lowest BCUT2D eigenvalue weighted by Gasteiger charge is -2.10. The zero-order chi connectivity index (χ0) is 16.7. The number of anilines is 1. The Labute approximate surface area is 142 Å². The summed E-state index contributed by atoms with van der Waals surface area (Å²) in [6.45, 7) is 6.04. The molecule has 3 nitrogen and oxygen atoms in total. The van der Waals surface area contributed by atoms with Crippen molar-refractivity contribution in [3.8, 4) is 5.75 Å². The van der Waals surface area contributed by atoms with Crippen LogP contribution in [0.15, 0.2) is 53.4 Å². The van der Waals surface area contributed by atoms with Crippen molar-refractivity contribution in [2.45, 2.75) is 38.2 Å². The fourth-order valence-electron chi connectivity index (χ4n) is 2.01. The summed E-state index contributed by atoms with van der Waals surface area (Å²) in [5, 5.41) is 2.91. The summed E-state index contributed by atoms with van der Waals surface area (Å²) in [7, 11) is 0. The van der Waals surface area contributed by atoms with Crippen molar-refractivity contribution in [3.05, 3.63) is 54.1 Å². The van der Waals surface area contributed by atoms with Crippen LogP contribution in [0.4, 0.5) is 5.69 Å². The van der Waals surface area contributed by atoms with Crippen molar-refractivity contribution in [2.24, 2.45) is 0 Å². The van der Waals surface area contributed by atoms with Gasteiger partial charge in [0.2, 0.25) is 5.91 Å². The molecule has 0 bridgehead atoms. The molecule has 0 saturated carbocycles. The van der Waals surface area contributed by atoms with Crippen molar-refractivity contribution in [1.82, 2.24) is 0 Å². The van der Waals surface area contributed by atoms with Crippen LogP contribution in [0.5, 0.6) is 5.75 Å². The zero-order valence-electron chi connectivity index (χ0n) is 13.8. The smallest absolute Gasteiger partial charge is 0.225 e.